The Morgan fingerprint density at radius 3 is 2.57 bits per heavy atom. The summed E-state index contributed by atoms with van der Waals surface area (Å²) in [6.45, 7) is 2.90. The minimum atomic E-state index is 0.542. The second-order valence-corrected chi connectivity index (χ2v) is 5.78. The zero-order valence-electron chi connectivity index (χ0n) is 12.7. The summed E-state index contributed by atoms with van der Waals surface area (Å²) in [6.07, 6.45) is 7.86. The van der Waals surface area contributed by atoms with Crippen molar-refractivity contribution in [3.8, 4) is 0 Å². The molecule has 4 nitrogen and oxygen atoms in total. The molecule has 1 heterocycles. The third kappa shape index (κ3) is 3.43. The van der Waals surface area contributed by atoms with E-state index in [-0.39, 0.29) is 0 Å². The van der Waals surface area contributed by atoms with Crippen molar-refractivity contribution in [2.75, 3.05) is 17.2 Å². The minimum absolute atomic E-state index is 0.542. The van der Waals surface area contributed by atoms with Gasteiger partial charge in [-0.2, -0.15) is 4.98 Å². The van der Waals surface area contributed by atoms with Crippen molar-refractivity contribution in [3.63, 3.8) is 0 Å². The summed E-state index contributed by atoms with van der Waals surface area (Å²) in [4.78, 5) is 9.26. The van der Waals surface area contributed by atoms with E-state index < -0.39 is 0 Å². The number of nitrogens with one attached hydrogen (secondary N) is 2. The summed E-state index contributed by atoms with van der Waals surface area (Å²) < 4.78 is 0. The monoisotopic (exact) mass is 284 g/mol. The predicted molar refractivity (Wildman–Crippen MR) is 88.8 cm³/mol. The number of hydrogen-bond donors (Lipinski definition) is 2. The normalized spacial score (nSPS) is 16.6. The number of anilines is 2. The highest BCUT2D eigenvalue weighted by Gasteiger charge is 2.15. The van der Waals surface area contributed by atoms with Crippen LogP contribution in [0.1, 0.15) is 45.4 Å². The first-order valence-corrected chi connectivity index (χ1v) is 8.14. The minimum Gasteiger partial charge on any atom is -0.367 e. The van der Waals surface area contributed by atoms with Crippen molar-refractivity contribution in [2.24, 2.45) is 0 Å². The maximum absolute atomic E-state index is 4.68. The Balaban J connectivity index is 1.91. The Morgan fingerprint density at radius 1 is 1.05 bits per heavy atom. The van der Waals surface area contributed by atoms with Crippen LogP contribution in [0.25, 0.3) is 10.9 Å². The van der Waals surface area contributed by atoms with E-state index in [4.69, 9.17) is 0 Å². The summed E-state index contributed by atoms with van der Waals surface area (Å²) in [7, 11) is 0. The van der Waals surface area contributed by atoms with E-state index >= 15 is 0 Å². The number of rotatable bonds is 4. The van der Waals surface area contributed by atoms with Gasteiger partial charge in [-0.1, -0.05) is 37.8 Å². The Bertz CT molecular complexity index is 588. The molecule has 1 aromatic heterocycles. The molecule has 0 bridgehead atoms. The smallest absolute Gasteiger partial charge is 0.225 e. The van der Waals surface area contributed by atoms with Crippen molar-refractivity contribution < 1.29 is 0 Å². The molecule has 4 heteroatoms. The molecule has 0 amide bonds. The van der Waals surface area contributed by atoms with Gasteiger partial charge in [0, 0.05) is 18.0 Å². The van der Waals surface area contributed by atoms with Gasteiger partial charge in [0.15, 0.2) is 0 Å². The standard InChI is InChI=1S/C17H24N4/c1-2-18-17-20-15-12-8-7-11-14(15)16(21-17)19-13-9-5-3-4-6-10-13/h7-8,11-13H,2-6,9-10H2,1H3,(H2,18,19,20,21). The van der Waals surface area contributed by atoms with E-state index in [0.29, 0.717) is 12.0 Å². The van der Waals surface area contributed by atoms with Crippen molar-refractivity contribution in [3.05, 3.63) is 24.3 Å². The fourth-order valence-corrected chi connectivity index (χ4v) is 3.04. The molecule has 1 saturated carbocycles. The molecule has 1 fully saturated rings. The molecule has 0 aliphatic heterocycles. The molecule has 1 aromatic carbocycles. The Kier molecular flexibility index (Phi) is 4.53. The molecule has 21 heavy (non-hydrogen) atoms. The number of hydrogen-bond acceptors (Lipinski definition) is 4. The molecule has 2 aromatic rings. The van der Waals surface area contributed by atoms with Crippen LogP contribution < -0.4 is 10.6 Å². The van der Waals surface area contributed by atoms with Gasteiger partial charge in [-0.05, 0) is 31.9 Å². The third-order valence-corrected chi connectivity index (χ3v) is 4.13. The summed E-state index contributed by atoms with van der Waals surface area (Å²) in [5.41, 5.74) is 1.000. The maximum Gasteiger partial charge on any atom is 0.225 e. The molecule has 1 aliphatic carbocycles. The fourth-order valence-electron chi connectivity index (χ4n) is 3.04. The summed E-state index contributed by atoms with van der Waals surface area (Å²) in [5, 5.41) is 8.01. The third-order valence-electron chi connectivity index (χ3n) is 4.13. The maximum atomic E-state index is 4.68. The van der Waals surface area contributed by atoms with Crippen molar-refractivity contribution in [1.82, 2.24) is 9.97 Å². The molecule has 0 unspecified atom stereocenters. The second kappa shape index (κ2) is 6.74. The van der Waals surface area contributed by atoms with Crippen molar-refractivity contribution in [1.29, 1.82) is 0 Å². The zero-order valence-corrected chi connectivity index (χ0v) is 12.7. The van der Waals surface area contributed by atoms with Gasteiger partial charge in [-0.15, -0.1) is 0 Å². The fraction of sp³-hybridized carbons (Fsp3) is 0.529. The molecule has 1 aliphatic rings. The van der Waals surface area contributed by atoms with Gasteiger partial charge < -0.3 is 10.6 Å². The van der Waals surface area contributed by atoms with E-state index in [2.05, 4.69) is 45.7 Å². The molecular weight excluding hydrogens is 260 g/mol. The molecule has 112 valence electrons. The predicted octanol–water partition coefficient (Wildman–Crippen LogP) is 4.20. The molecule has 0 saturated heterocycles. The number of benzene rings is 1. The summed E-state index contributed by atoms with van der Waals surface area (Å²) in [6, 6.07) is 8.78. The van der Waals surface area contributed by atoms with E-state index in [9.17, 15) is 0 Å². The molecular formula is C17H24N4. The molecule has 2 N–H and O–H groups in total. The average molecular weight is 284 g/mol. The second-order valence-electron chi connectivity index (χ2n) is 5.78. The molecule has 0 radical (unpaired) electrons. The van der Waals surface area contributed by atoms with Crippen LogP contribution in [0.5, 0.6) is 0 Å². The molecule has 0 spiro atoms. The van der Waals surface area contributed by atoms with Gasteiger partial charge in [0.05, 0.1) is 5.52 Å². The Labute approximate surface area is 126 Å². The van der Waals surface area contributed by atoms with Crippen LogP contribution in [-0.4, -0.2) is 22.6 Å². The lowest BCUT2D eigenvalue weighted by molar-refractivity contribution is 0.618. The van der Waals surface area contributed by atoms with E-state index in [1.807, 2.05) is 6.07 Å². The SMILES string of the molecule is CCNc1nc(NC2CCCCCC2)c2ccccc2n1. The van der Waals surface area contributed by atoms with Crippen LogP contribution in [0.2, 0.25) is 0 Å². The van der Waals surface area contributed by atoms with E-state index in [1.54, 1.807) is 0 Å². The number of nitrogens with zero attached hydrogens (tertiary/aromatic N) is 2. The van der Waals surface area contributed by atoms with Gasteiger partial charge in [-0.25, -0.2) is 4.98 Å². The quantitative estimate of drug-likeness (QED) is 0.826. The van der Waals surface area contributed by atoms with Crippen LogP contribution in [0.15, 0.2) is 24.3 Å². The largest absolute Gasteiger partial charge is 0.367 e. The molecule has 3 rings (SSSR count). The van der Waals surface area contributed by atoms with Gasteiger partial charge in [-0.3, -0.25) is 0 Å². The van der Waals surface area contributed by atoms with Gasteiger partial charge >= 0.3 is 0 Å². The van der Waals surface area contributed by atoms with E-state index in [0.717, 1.165) is 23.3 Å². The van der Waals surface area contributed by atoms with Crippen LogP contribution >= 0.6 is 0 Å². The summed E-state index contributed by atoms with van der Waals surface area (Å²) >= 11 is 0. The highest BCUT2D eigenvalue weighted by molar-refractivity contribution is 5.90. The van der Waals surface area contributed by atoms with Crippen molar-refractivity contribution >= 4 is 22.7 Å². The number of para-hydroxylation sites is 1. The first-order valence-electron chi connectivity index (χ1n) is 8.14. The first-order chi connectivity index (χ1) is 10.4. The Hall–Kier alpha value is -1.84. The zero-order chi connectivity index (χ0) is 14.5. The number of aromatic nitrogens is 2. The molecule has 0 atom stereocenters. The first kappa shape index (κ1) is 14.1. The van der Waals surface area contributed by atoms with Crippen LogP contribution in [-0.2, 0) is 0 Å². The van der Waals surface area contributed by atoms with Crippen LogP contribution in [0.4, 0.5) is 11.8 Å². The van der Waals surface area contributed by atoms with Gasteiger partial charge in [0.2, 0.25) is 5.95 Å². The van der Waals surface area contributed by atoms with Gasteiger partial charge in [0.25, 0.3) is 0 Å². The van der Waals surface area contributed by atoms with Crippen LogP contribution in [0.3, 0.4) is 0 Å². The van der Waals surface area contributed by atoms with Gasteiger partial charge in [0.1, 0.15) is 5.82 Å². The lowest BCUT2D eigenvalue weighted by Crippen LogP contribution is -2.20. The average Bonchev–Trinajstić information content (AvgIpc) is 2.76. The number of fused-ring (bicyclic) bond motifs is 1. The highest BCUT2D eigenvalue weighted by atomic mass is 15.1. The highest BCUT2D eigenvalue weighted by Crippen LogP contribution is 2.26. The Morgan fingerprint density at radius 2 is 1.81 bits per heavy atom. The van der Waals surface area contributed by atoms with Crippen molar-refractivity contribution in [2.45, 2.75) is 51.5 Å². The topological polar surface area (TPSA) is 49.8 Å². The lowest BCUT2D eigenvalue weighted by atomic mass is 10.1. The lowest BCUT2D eigenvalue weighted by Gasteiger charge is -2.18. The summed E-state index contributed by atoms with van der Waals surface area (Å²) in [5.74, 6) is 1.69. The van der Waals surface area contributed by atoms with E-state index in [1.165, 1.54) is 38.5 Å². The van der Waals surface area contributed by atoms with Crippen LogP contribution in [0, 0.1) is 0 Å².